The summed E-state index contributed by atoms with van der Waals surface area (Å²) in [7, 11) is 3.50. The molecule has 0 aliphatic carbocycles. The summed E-state index contributed by atoms with van der Waals surface area (Å²) in [4.78, 5) is 20.7. The van der Waals surface area contributed by atoms with Gasteiger partial charge in [-0.15, -0.1) is 0 Å². The van der Waals surface area contributed by atoms with E-state index in [9.17, 15) is 4.79 Å². The first-order valence-electron chi connectivity index (χ1n) is 11.2. The number of aliphatic imine (C=N–C) groups is 1. The average molecular weight is 434 g/mol. The molecule has 0 aromatic heterocycles. The van der Waals surface area contributed by atoms with Crippen LogP contribution in [0.2, 0.25) is 0 Å². The number of rotatable bonds is 10. The molecule has 1 fully saturated rings. The third-order valence-corrected chi connectivity index (χ3v) is 5.26. The fourth-order valence-electron chi connectivity index (χ4n) is 3.02. The first-order chi connectivity index (χ1) is 14.9. The molecule has 1 saturated heterocycles. The molecule has 174 valence electrons. The molecule has 0 bridgehead atoms. The Balaban J connectivity index is 2.04. The van der Waals surface area contributed by atoms with Gasteiger partial charge >= 0.3 is 0 Å². The third kappa shape index (κ3) is 9.14. The summed E-state index contributed by atoms with van der Waals surface area (Å²) < 4.78 is 11.5. The number of ether oxygens (including phenoxy) is 2. The number of carbonyl (C=O) groups is 1. The normalized spacial score (nSPS) is 16.0. The van der Waals surface area contributed by atoms with E-state index in [1.54, 1.807) is 19.0 Å². The van der Waals surface area contributed by atoms with Crippen molar-refractivity contribution in [2.24, 2.45) is 4.99 Å². The van der Waals surface area contributed by atoms with Crippen molar-refractivity contribution in [2.45, 2.75) is 39.8 Å². The van der Waals surface area contributed by atoms with E-state index in [0.717, 1.165) is 62.7 Å². The summed E-state index contributed by atoms with van der Waals surface area (Å²) in [6.45, 7) is 12.0. The van der Waals surface area contributed by atoms with Crippen LogP contribution in [-0.2, 0) is 16.1 Å². The number of guanidine groups is 1. The second-order valence-corrected chi connectivity index (χ2v) is 8.14. The zero-order valence-corrected chi connectivity index (χ0v) is 19.7. The number of amides is 1. The molecule has 1 aliphatic rings. The number of hydrogen-bond acceptors (Lipinski definition) is 5. The van der Waals surface area contributed by atoms with Gasteiger partial charge < -0.3 is 25.0 Å². The third-order valence-electron chi connectivity index (χ3n) is 5.26. The van der Waals surface area contributed by atoms with Gasteiger partial charge in [-0.1, -0.05) is 19.1 Å². The average Bonchev–Trinajstić information content (AvgIpc) is 2.76. The molecule has 0 saturated carbocycles. The van der Waals surface area contributed by atoms with E-state index >= 15 is 0 Å². The van der Waals surface area contributed by atoms with Gasteiger partial charge in [0.15, 0.2) is 5.96 Å². The molecule has 1 atom stereocenters. The van der Waals surface area contributed by atoms with E-state index in [1.165, 1.54) is 0 Å². The van der Waals surface area contributed by atoms with Gasteiger partial charge in [0.1, 0.15) is 5.75 Å². The minimum Gasteiger partial charge on any atom is -0.490 e. The van der Waals surface area contributed by atoms with Crippen LogP contribution in [0, 0.1) is 6.92 Å². The van der Waals surface area contributed by atoms with Gasteiger partial charge in [0.05, 0.1) is 32.4 Å². The van der Waals surface area contributed by atoms with Gasteiger partial charge in [0.25, 0.3) is 0 Å². The van der Waals surface area contributed by atoms with Crippen molar-refractivity contribution in [1.82, 2.24) is 20.4 Å². The number of benzene rings is 1. The summed E-state index contributed by atoms with van der Waals surface area (Å²) in [5.74, 6) is 1.49. The van der Waals surface area contributed by atoms with Crippen molar-refractivity contribution >= 4 is 11.9 Å². The lowest BCUT2D eigenvalue weighted by atomic mass is 10.1. The summed E-state index contributed by atoms with van der Waals surface area (Å²) >= 11 is 0. The lowest BCUT2D eigenvalue weighted by Crippen LogP contribution is -2.46. The van der Waals surface area contributed by atoms with Gasteiger partial charge in [-0.3, -0.25) is 9.69 Å². The molecule has 8 nitrogen and oxygen atoms in total. The molecule has 2 rings (SSSR count). The molecule has 1 heterocycles. The zero-order valence-electron chi connectivity index (χ0n) is 19.7. The van der Waals surface area contributed by atoms with Crippen molar-refractivity contribution < 1.29 is 14.3 Å². The molecule has 0 radical (unpaired) electrons. The predicted molar refractivity (Wildman–Crippen MR) is 125 cm³/mol. The molecule has 2 N–H and O–H groups in total. The number of morpholine rings is 1. The largest absolute Gasteiger partial charge is 0.490 e. The lowest BCUT2D eigenvalue weighted by Gasteiger charge is -2.26. The number of hydrogen-bond donors (Lipinski definition) is 2. The Bertz CT molecular complexity index is 717. The molecule has 8 heteroatoms. The molecule has 1 aliphatic heterocycles. The Morgan fingerprint density at radius 2 is 2.03 bits per heavy atom. The Morgan fingerprint density at radius 1 is 1.29 bits per heavy atom. The van der Waals surface area contributed by atoms with E-state index in [1.807, 2.05) is 0 Å². The smallest absolute Gasteiger partial charge is 0.241 e. The highest BCUT2D eigenvalue weighted by Crippen LogP contribution is 2.23. The van der Waals surface area contributed by atoms with Gasteiger partial charge in [-0.05, 0) is 31.9 Å². The molecule has 1 aromatic carbocycles. The van der Waals surface area contributed by atoms with E-state index < -0.39 is 0 Å². The molecular weight excluding hydrogens is 394 g/mol. The lowest BCUT2D eigenvalue weighted by molar-refractivity contribution is -0.127. The molecule has 1 aromatic rings. The van der Waals surface area contributed by atoms with E-state index in [0.29, 0.717) is 12.5 Å². The molecule has 0 spiro atoms. The van der Waals surface area contributed by atoms with Crippen LogP contribution in [0.3, 0.4) is 0 Å². The molecule has 1 amide bonds. The minimum atomic E-state index is -0.00110. The van der Waals surface area contributed by atoms with Gasteiger partial charge in [-0.2, -0.15) is 0 Å². The van der Waals surface area contributed by atoms with Gasteiger partial charge in [0.2, 0.25) is 5.91 Å². The van der Waals surface area contributed by atoms with E-state index in [-0.39, 0.29) is 18.6 Å². The fraction of sp³-hybridized carbons (Fsp3) is 0.652. The Morgan fingerprint density at radius 3 is 2.71 bits per heavy atom. The van der Waals surface area contributed by atoms with Crippen molar-refractivity contribution in [3.05, 3.63) is 29.3 Å². The highest BCUT2D eigenvalue weighted by Gasteiger charge is 2.12. The second kappa shape index (κ2) is 13.2. The SMILES string of the molecule is CCC(C)Oc1cc(C)ccc1CN=C(NCCN1CCOCC1)NCC(=O)N(C)C. The number of nitrogens with zero attached hydrogens (tertiary/aromatic N) is 3. The van der Waals surface area contributed by atoms with Crippen LogP contribution in [0.25, 0.3) is 0 Å². The highest BCUT2D eigenvalue weighted by atomic mass is 16.5. The minimum absolute atomic E-state index is 0.00110. The standard InChI is InChI=1S/C23H39N5O3/c1-6-19(3)31-21-15-18(2)7-8-20(21)16-25-23(26-17-22(29)27(4)5)24-9-10-28-11-13-30-14-12-28/h7-8,15,19H,6,9-14,16-17H2,1-5H3,(H2,24,25,26). The van der Waals surface area contributed by atoms with Crippen molar-refractivity contribution in [2.75, 3.05) is 60.0 Å². The van der Waals surface area contributed by atoms with Crippen LogP contribution < -0.4 is 15.4 Å². The topological polar surface area (TPSA) is 78.4 Å². The summed E-state index contributed by atoms with van der Waals surface area (Å²) in [6, 6.07) is 6.20. The van der Waals surface area contributed by atoms with Crippen molar-refractivity contribution in [3.63, 3.8) is 0 Å². The van der Waals surface area contributed by atoms with Crippen LogP contribution >= 0.6 is 0 Å². The Hall–Kier alpha value is -2.32. The van der Waals surface area contributed by atoms with Crippen LogP contribution in [0.4, 0.5) is 0 Å². The number of aryl methyl sites for hydroxylation is 1. The van der Waals surface area contributed by atoms with E-state index in [4.69, 9.17) is 14.5 Å². The van der Waals surface area contributed by atoms with Crippen LogP contribution in [-0.4, -0.2) is 87.8 Å². The van der Waals surface area contributed by atoms with Crippen molar-refractivity contribution in [1.29, 1.82) is 0 Å². The maximum absolute atomic E-state index is 12.0. The Kier molecular flexibility index (Phi) is 10.6. The summed E-state index contributed by atoms with van der Waals surface area (Å²) in [5.41, 5.74) is 2.18. The van der Waals surface area contributed by atoms with E-state index in [2.05, 4.69) is 54.5 Å². The molecule has 31 heavy (non-hydrogen) atoms. The first-order valence-corrected chi connectivity index (χ1v) is 11.2. The summed E-state index contributed by atoms with van der Waals surface area (Å²) in [5, 5.41) is 6.51. The Labute approximate surface area is 187 Å². The maximum atomic E-state index is 12.0. The predicted octanol–water partition coefficient (Wildman–Crippen LogP) is 1.63. The number of nitrogens with one attached hydrogen (secondary N) is 2. The first kappa shape index (κ1) is 24.9. The monoisotopic (exact) mass is 433 g/mol. The summed E-state index contributed by atoms with van der Waals surface area (Å²) in [6.07, 6.45) is 1.09. The van der Waals surface area contributed by atoms with Crippen LogP contribution in [0.15, 0.2) is 23.2 Å². The fourth-order valence-corrected chi connectivity index (χ4v) is 3.02. The van der Waals surface area contributed by atoms with Gasteiger partial charge in [0, 0.05) is 45.8 Å². The van der Waals surface area contributed by atoms with Crippen LogP contribution in [0.1, 0.15) is 31.4 Å². The second-order valence-electron chi connectivity index (χ2n) is 8.14. The quantitative estimate of drug-likeness (QED) is 0.431. The number of likely N-dealkylation sites (N-methyl/N-ethyl adjacent to an activating group) is 1. The zero-order chi connectivity index (χ0) is 22.6. The highest BCUT2D eigenvalue weighted by molar-refractivity contribution is 5.86. The van der Waals surface area contributed by atoms with Crippen LogP contribution in [0.5, 0.6) is 5.75 Å². The maximum Gasteiger partial charge on any atom is 0.241 e. The molecule has 1 unspecified atom stereocenters. The number of carbonyl (C=O) groups excluding carboxylic acids is 1. The molecular formula is C23H39N5O3. The van der Waals surface area contributed by atoms with Gasteiger partial charge in [-0.25, -0.2) is 4.99 Å². The van der Waals surface area contributed by atoms with Crippen molar-refractivity contribution in [3.8, 4) is 5.75 Å².